The fraction of sp³-hybridized carbons (Fsp3) is 0.312. The van der Waals surface area contributed by atoms with Gasteiger partial charge in [0.05, 0.1) is 5.56 Å². The van der Waals surface area contributed by atoms with Crippen LogP contribution in [0.4, 0.5) is 5.13 Å². The van der Waals surface area contributed by atoms with Gasteiger partial charge >= 0.3 is 11.9 Å². The highest BCUT2D eigenvalue weighted by Gasteiger charge is 2.17. The molecule has 0 saturated carbocycles. The molecule has 0 aliphatic carbocycles. The number of aliphatic carboxylic acids is 1. The monoisotopic (exact) mass is 395 g/mol. The first kappa shape index (κ1) is 19.9. The Labute approximate surface area is 157 Å². The van der Waals surface area contributed by atoms with E-state index in [1.54, 1.807) is 6.07 Å². The number of nitrogens with zero attached hydrogens (tertiary/aromatic N) is 2. The van der Waals surface area contributed by atoms with Gasteiger partial charge in [-0.2, -0.15) is 0 Å². The Morgan fingerprint density at radius 3 is 2.62 bits per heavy atom. The van der Waals surface area contributed by atoms with Crippen LogP contribution in [0.5, 0.6) is 5.75 Å². The lowest BCUT2D eigenvalue weighted by atomic mass is 9.98. The molecule has 0 aliphatic rings. The van der Waals surface area contributed by atoms with Crippen LogP contribution in [-0.4, -0.2) is 38.1 Å². The molecule has 0 fully saturated rings. The zero-order valence-corrected chi connectivity index (χ0v) is 15.7. The number of ketones is 1. The molecule has 0 bridgehead atoms. The summed E-state index contributed by atoms with van der Waals surface area (Å²) in [7, 11) is 0. The molecule has 0 saturated heterocycles. The molecule has 1 aromatic carbocycles. The topological polar surface area (TPSA) is 129 Å². The number of rotatable bonds is 7. The molecule has 3 N–H and O–H groups in total. The Balaban J connectivity index is 2.13. The summed E-state index contributed by atoms with van der Waals surface area (Å²) in [6, 6.07) is 3.41. The van der Waals surface area contributed by atoms with Gasteiger partial charge in [-0.05, 0) is 30.5 Å². The van der Waals surface area contributed by atoms with Crippen LogP contribution in [0.25, 0.3) is 0 Å². The second kappa shape index (κ2) is 8.77. The van der Waals surface area contributed by atoms with Gasteiger partial charge in [0.1, 0.15) is 5.75 Å². The van der Waals surface area contributed by atoms with Crippen molar-refractivity contribution in [1.29, 1.82) is 0 Å². The van der Waals surface area contributed by atoms with Crippen molar-refractivity contribution in [2.24, 2.45) is 0 Å². The third-order valence-electron chi connectivity index (χ3n) is 3.43. The molecular weight excluding hydrogens is 378 g/mol. The van der Waals surface area contributed by atoms with Gasteiger partial charge in [0.2, 0.25) is 5.13 Å². The highest BCUT2D eigenvalue weighted by atomic mass is 32.2. The lowest BCUT2D eigenvalue weighted by Crippen LogP contribution is -2.21. The average Bonchev–Trinajstić information content (AvgIpc) is 3.02. The number of hydrogen-bond acceptors (Lipinski definition) is 8. The van der Waals surface area contributed by atoms with Crippen molar-refractivity contribution >= 4 is 45.9 Å². The quantitative estimate of drug-likeness (QED) is 0.282. The number of phenols is 1. The lowest BCUT2D eigenvalue weighted by Gasteiger charge is -2.12. The van der Waals surface area contributed by atoms with Gasteiger partial charge in [0.25, 0.3) is 0 Å². The number of aromatic nitrogens is 2. The summed E-state index contributed by atoms with van der Waals surface area (Å²) in [6.45, 7) is 3.40. The number of phenolic OH excluding ortho intramolecular Hbond substituents is 1. The number of Topliss-reactive ketones (excluding diaryl/α,β-unsaturated/α-hetero) is 1. The molecule has 2 rings (SSSR count). The molecule has 2 aromatic rings. The number of aromatic hydroxyl groups is 1. The standard InChI is InChI=1S/C16H17N3O5S2/c1-3-4-11-9(5-6-10(8(2)20)12(11)21)7-25-16-19-18-15(26-16)17-13(22)14(23)24/h5-6,21H,3-4,7H2,1-2H3,(H,23,24)(H,17,18,22). The fourth-order valence-electron chi connectivity index (χ4n) is 2.24. The third kappa shape index (κ3) is 4.79. The van der Waals surface area contributed by atoms with Crippen molar-refractivity contribution in [2.75, 3.05) is 5.32 Å². The summed E-state index contributed by atoms with van der Waals surface area (Å²) < 4.78 is 0.545. The van der Waals surface area contributed by atoms with Crippen molar-refractivity contribution in [3.05, 3.63) is 28.8 Å². The molecule has 0 unspecified atom stereocenters. The Kier molecular flexibility index (Phi) is 6.70. The number of amides is 1. The van der Waals surface area contributed by atoms with Gasteiger partial charge in [-0.3, -0.25) is 14.9 Å². The minimum absolute atomic E-state index is 0.0177. The van der Waals surface area contributed by atoms with Crippen molar-refractivity contribution in [2.45, 2.75) is 36.8 Å². The van der Waals surface area contributed by atoms with Crippen molar-refractivity contribution in [1.82, 2.24) is 10.2 Å². The van der Waals surface area contributed by atoms with Gasteiger partial charge in [-0.25, -0.2) is 4.79 Å². The van der Waals surface area contributed by atoms with Gasteiger partial charge in [-0.1, -0.05) is 42.5 Å². The number of carboxylic acids is 1. The van der Waals surface area contributed by atoms with E-state index in [-0.39, 0.29) is 16.7 Å². The maximum absolute atomic E-state index is 11.6. The predicted molar refractivity (Wildman–Crippen MR) is 97.8 cm³/mol. The van der Waals surface area contributed by atoms with E-state index in [9.17, 15) is 19.5 Å². The fourth-order valence-corrected chi connectivity index (χ4v) is 4.00. The van der Waals surface area contributed by atoms with E-state index >= 15 is 0 Å². The molecule has 0 aliphatic heterocycles. The molecule has 10 heteroatoms. The highest BCUT2D eigenvalue weighted by molar-refractivity contribution is 8.00. The van der Waals surface area contributed by atoms with Crippen LogP contribution in [0.1, 0.15) is 41.8 Å². The maximum Gasteiger partial charge on any atom is 0.394 e. The average molecular weight is 395 g/mol. The molecule has 1 amide bonds. The van der Waals surface area contributed by atoms with Crippen molar-refractivity contribution in [3.63, 3.8) is 0 Å². The number of benzene rings is 1. The summed E-state index contributed by atoms with van der Waals surface area (Å²) in [4.78, 5) is 33.2. The van der Waals surface area contributed by atoms with E-state index in [1.165, 1.54) is 18.7 Å². The second-order valence-corrected chi connectivity index (χ2v) is 7.53. The second-order valence-electron chi connectivity index (χ2n) is 5.33. The Morgan fingerprint density at radius 2 is 2.00 bits per heavy atom. The number of hydrogen-bond donors (Lipinski definition) is 3. The van der Waals surface area contributed by atoms with Crippen molar-refractivity contribution in [3.8, 4) is 5.75 Å². The normalized spacial score (nSPS) is 10.5. The summed E-state index contributed by atoms with van der Waals surface area (Å²) in [5, 5.41) is 28.8. The van der Waals surface area contributed by atoms with E-state index in [4.69, 9.17) is 5.11 Å². The molecule has 0 spiro atoms. The minimum atomic E-state index is -1.60. The first-order chi connectivity index (χ1) is 12.3. The van der Waals surface area contributed by atoms with Gasteiger partial charge in [0, 0.05) is 5.75 Å². The zero-order valence-electron chi connectivity index (χ0n) is 14.1. The number of carboxylic acid groups (broad SMARTS) is 1. The highest BCUT2D eigenvalue weighted by Crippen LogP contribution is 2.33. The molecule has 1 heterocycles. The van der Waals surface area contributed by atoms with Crippen LogP contribution in [0.3, 0.4) is 0 Å². The Morgan fingerprint density at radius 1 is 1.27 bits per heavy atom. The molecule has 0 radical (unpaired) electrons. The van der Waals surface area contributed by atoms with Crippen LogP contribution in [-0.2, 0) is 21.8 Å². The van der Waals surface area contributed by atoms with E-state index in [2.05, 4.69) is 15.5 Å². The van der Waals surface area contributed by atoms with Gasteiger partial charge in [-0.15, -0.1) is 10.2 Å². The molecule has 26 heavy (non-hydrogen) atoms. The third-order valence-corrected chi connectivity index (χ3v) is 5.45. The zero-order chi connectivity index (χ0) is 19.3. The van der Waals surface area contributed by atoms with Crippen LogP contribution < -0.4 is 5.32 Å². The van der Waals surface area contributed by atoms with E-state index in [0.29, 0.717) is 22.1 Å². The minimum Gasteiger partial charge on any atom is -0.507 e. The molecular formula is C16H17N3O5S2. The van der Waals surface area contributed by atoms with Crippen LogP contribution in [0, 0.1) is 0 Å². The smallest absolute Gasteiger partial charge is 0.394 e. The number of thioether (sulfide) groups is 1. The Bertz CT molecular complexity index is 850. The van der Waals surface area contributed by atoms with Gasteiger partial charge in [0.15, 0.2) is 10.1 Å². The predicted octanol–water partition coefficient (Wildman–Crippen LogP) is 2.71. The summed E-state index contributed by atoms with van der Waals surface area (Å²) in [5.74, 6) is -2.46. The Hall–Kier alpha value is -2.46. The summed E-state index contributed by atoms with van der Waals surface area (Å²) in [5.41, 5.74) is 1.92. The largest absolute Gasteiger partial charge is 0.507 e. The first-order valence-corrected chi connectivity index (χ1v) is 9.48. The van der Waals surface area contributed by atoms with Crippen LogP contribution in [0.15, 0.2) is 16.5 Å². The van der Waals surface area contributed by atoms with E-state index < -0.39 is 11.9 Å². The number of carbonyl (C=O) groups excluding carboxylic acids is 2. The number of nitrogens with one attached hydrogen (secondary N) is 1. The maximum atomic E-state index is 11.6. The van der Waals surface area contributed by atoms with E-state index in [1.807, 2.05) is 13.0 Å². The first-order valence-electron chi connectivity index (χ1n) is 7.68. The van der Waals surface area contributed by atoms with E-state index in [0.717, 1.165) is 28.9 Å². The number of carbonyl (C=O) groups is 3. The summed E-state index contributed by atoms with van der Waals surface area (Å²) >= 11 is 2.40. The van der Waals surface area contributed by atoms with Crippen molar-refractivity contribution < 1.29 is 24.6 Å². The van der Waals surface area contributed by atoms with Gasteiger partial charge < -0.3 is 10.2 Å². The van der Waals surface area contributed by atoms with Crippen LogP contribution >= 0.6 is 23.1 Å². The summed E-state index contributed by atoms with van der Waals surface area (Å²) in [6.07, 6.45) is 1.45. The number of anilines is 1. The lowest BCUT2D eigenvalue weighted by molar-refractivity contribution is -0.147. The molecule has 138 valence electrons. The SMILES string of the molecule is CCCc1c(CSc2nnc(NC(=O)C(=O)O)s2)ccc(C(C)=O)c1O. The van der Waals surface area contributed by atoms with Crippen LogP contribution in [0.2, 0.25) is 0 Å². The molecule has 1 aromatic heterocycles. The molecule has 0 atom stereocenters. The molecule has 8 nitrogen and oxygen atoms in total.